The van der Waals surface area contributed by atoms with Crippen molar-refractivity contribution in [3.8, 4) is 0 Å². The summed E-state index contributed by atoms with van der Waals surface area (Å²) in [6.07, 6.45) is 0.785. The molecule has 3 rings (SSSR count). The normalized spacial score (nSPS) is 10.4. The Hall–Kier alpha value is -2.19. The van der Waals surface area contributed by atoms with Crippen molar-refractivity contribution in [3.63, 3.8) is 0 Å². The van der Waals surface area contributed by atoms with Gasteiger partial charge in [0.1, 0.15) is 0 Å². The smallest absolute Gasteiger partial charge is 0.194 e. The van der Waals surface area contributed by atoms with E-state index in [2.05, 4.69) is 12.1 Å². The summed E-state index contributed by atoms with van der Waals surface area (Å²) in [6.45, 7) is 0. The fourth-order valence-electron chi connectivity index (χ4n) is 2.26. The van der Waals surface area contributed by atoms with E-state index in [-0.39, 0.29) is 5.78 Å². The Kier molecular flexibility index (Phi) is 3.75. The van der Waals surface area contributed by atoms with E-state index < -0.39 is 0 Å². The maximum absolute atomic E-state index is 12.5. The lowest BCUT2D eigenvalue weighted by atomic mass is 9.95. The lowest BCUT2D eigenvalue weighted by Crippen LogP contribution is -2.04. The zero-order valence-electron chi connectivity index (χ0n) is 11.0. The molecule has 0 N–H and O–H groups in total. The van der Waals surface area contributed by atoms with Gasteiger partial charge in [-0.3, -0.25) is 4.79 Å². The summed E-state index contributed by atoms with van der Waals surface area (Å²) >= 11 is 1.55. The number of carbonyl (C=O) groups is 1. The largest absolute Gasteiger partial charge is 0.289 e. The van der Waals surface area contributed by atoms with E-state index in [0.29, 0.717) is 0 Å². The van der Waals surface area contributed by atoms with Gasteiger partial charge in [-0.25, -0.2) is 0 Å². The first-order chi connectivity index (χ1) is 9.84. The Morgan fingerprint density at radius 1 is 0.900 bits per heavy atom. The molecule has 1 aromatic heterocycles. The van der Waals surface area contributed by atoms with Crippen molar-refractivity contribution in [3.05, 3.63) is 93.7 Å². The predicted molar refractivity (Wildman–Crippen MR) is 83.4 cm³/mol. The second-order valence-electron chi connectivity index (χ2n) is 4.66. The second kappa shape index (κ2) is 5.85. The van der Waals surface area contributed by atoms with Gasteiger partial charge >= 0.3 is 0 Å². The van der Waals surface area contributed by atoms with Crippen LogP contribution in [0.4, 0.5) is 0 Å². The van der Waals surface area contributed by atoms with Crippen LogP contribution < -0.4 is 0 Å². The second-order valence-corrected chi connectivity index (χ2v) is 5.44. The SMILES string of the molecule is O=C(c1ccsc1)c1ccccc1Cc1ccccc1. The average Bonchev–Trinajstić information content (AvgIpc) is 3.02. The third-order valence-corrected chi connectivity index (χ3v) is 3.97. The highest BCUT2D eigenvalue weighted by molar-refractivity contribution is 7.08. The van der Waals surface area contributed by atoms with Crippen molar-refractivity contribution in [2.24, 2.45) is 0 Å². The number of thiophene rings is 1. The lowest BCUT2D eigenvalue weighted by molar-refractivity contribution is 0.103. The Morgan fingerprint density at radius 3 is 2.40 bits per heavy atom. The van der Waals surface area contributed by atoms with Gasteiger partial charge in [-0.05, 0) is 29.0 Å². The molecule has 0 amide bonds. The van der Waals surface area contributed by atoms with E-state index >= 15 is 0 Å². The summed E-state index contributed by atoms with van der Waals surface area (Å²) < 4.78 is 0. The number of carbonyl (C=O) groups excluding carboxylic acids is 1. The van der Waals surface area contributed by atoms with Crippen LogP contribution in [0.3, 0.4) is 0 Å². The summed E-state index contributed by atoms with van der Waals surface area (Å²) in [5, 5.41) is 3.84. The standard InChI is InChI=1S/C18H14OS/c19-18(16-10-11-20-13-16)17-9-5-4-8-15(17)12-14-6-2-1-3-7-14/h1-11,13H,12H2. The zero-order valence-corrected chi connectivity index (χ0v) is 11.8. The number of hydrogen-bond donors (Lipinski definition) is 0. The predicted octanol–water partition coefficient (Wildman–Crippen LogP) is 4.57. The van der Waals surface area contributed by atoms with Crippen LogP contribution in [0.25, 0.3) is 0 Å². The average molecular weight is 278 g/mol. The highest BCUT2D eigenvalue weighted by Crippen LogP contribution is 2.19. The fourth-order valence-corrected chi connectivity index (χ4v) is 2.90. The molecule has 0 aliphatic carbocycles. The van der Waals surface area contributed by atoms with Gasteiger partial charge in [-0.1, -0.05) is 54.6 Å². The first-order valence-corrected chi connectivity index (χ1v) is 7.47. The van der Waals surface area contributed by atoms with Gasteiger partial charge in [0.05, 0.1) is 0 Å². The molecule has 0 spiro atoms. The molecule has 98 valence electrons. The van der Waals surface area contributed by atoms with Crippen LogP contribution in [0.2, 0.25) is 0 Å². The molecular weight excluding hydrogens is 264 g/mol. The molecule has 2 heteroatoms. The summed E-state index contributed by atoms with van der Waals surface area (Å²) in [5.41, 5.74) is 3.87. The van der Waals surface area contributed by atoms with Crippen molar-refractivity contribution < 1.29 is 4.79 Å². The molecule has 0 fully saturated rings. The van der Waals surface area contributed by atoms with Gasteiger partial charge in [-0.15, -0.1) is 0 Å². The van der Waals surface area contributed by atoms with Gasteiger partial charge in [0.15, 0.2) is 5.78 Å². The van der Waals surface area contributed by atoms with Crippen molar-refractivity contribution >= 4 is 17.1 Å². The minimum Gasteiger partial charge on any atom is -0.289 e. The number of hydrogen-bond acceptors (Lipinski definition) is 2. The molecule has 0 aliphatic heterocycles. The maximum Gasteiger partial charge on any atom is 0.194 e. The maximum atomic E-state index is 12.5. The molecule has 1 nitrogen and oxygen atoms in total. The minimum absolute atomic E-state index is 0.109. The minimum atomic E-state index is 0.109. The van der Waals surface area contributed by atoms with Crippen LogP contribution >= 0.6 is 11.3 Å². The monoisotopic (exact) mass is 278 g/mol. The molecule has 20 heavy (non-hydrogen) atoms. The van der Waals surface area contributed by atoms with Crippen LogP contribution in [0.5, 0.6) is 0 Å². The van der Waals surface area contributed by atoms with Gasteiger partial charge < -0.3 is 0 Å². The van der Waals surface area contributed by atoms with E-state index in [1.165, 1.54) is 5.56 Å². The molecule has 0 unspecified atom stereocenters. The summed E-state index contributed by atoms with van der Waals surface area (Å²) in [7, 11) is 0. The quantitative estimate of drug-likeness (QED) is 0.639. The van der Waals surface area contributed by atoms with Crippen LogP contribution in [0.1, 0.15) is 27.0 Å². The highest BCUT2D eigenvalue weighted by atomic mass is 32.1. The van der Waals surface area contributed by atoms with Gasteiger partial charge in [0.25, 0.3) is 0 Å². The van der Waals surface area contributed by atoms with Crippen LogP contribution in [0, 0.1) is 0 Å². The van der Waals surface area contributed by atoms with Gasteiger partial charge in [0.2, 0.25) is 0 Å². The van der Waals surface area contributed by atoms with E-state index in [1.54, 1.807) is 11.3 Å². The Bertz CT molecular complexity index is 699. The number of ketones is 1. The topological polar surface area (TPSA) is 17.1 Å². The van der Waals surface area contributed by atoms with E-state index in [9.17, 15) is 4.79 Å². The molecule has 0 saturated carbocycles. The molecule has 3 aromatic rings. The highest BCUT2D eigenvalue weighted by Gasteiger charge is 2.13. The zero-order chi connectivity index (χ0) is 13.8. The number of benzene rings is 2. The first kappa shape index (κ1) is 12.8. The van der Waals surface area contributed by atoms with Crippen molar-refractivity contribution in [2.45, 2.75) is 6.42 Å². The third kappa shape index (κ3) is 2.70. The van der Waals surface area contributed by atoms with Crippen molar-refractivity contribution in [2.75, 3.05) is 0 Å². The van der Waals surface area contributed by atoms with Crippen molar-refractivity contribution in [1.29, 1.82) is 0 Å². The lowest BCUT2D eigenvalue weighted by Gasteiger charge is -2.08. The molecule has 0 bridgehead atoms. The molecule has 0 atom stereocenters. The Morgan fingerprint density at radius 2 is 1.65 bits per heavy atom. The fraction of sp³-hybridized carbons (Fsp3) is 0.0556. The van der Waals surface area contributed by atoms with E-state index in [1.807, 2.05) is 59.3 Å². The van der Waals surface area contributed by atoms with Crippen molar-refractivity contribution in [1.82, 2.24) is 0 Å². The molecule has 1 heterocycles. The molecule has 0 aliphatic rings. The summed E-state index contributed by atoms with van der Waals surface area (Å²) in [6, 6.07) is 20.0. The number of rotatable bonds is 4. The van der Waals surface area contributed by atoms with Crippen LogP contribution in [-0.2, 0) is 6.42 Å². The molecular formula is C18H14OS. The van der Waals surface area contributed by atoms with Gasteiger partial charge in [0, 0.05) is 16.5 Å². The summed E-state index contributed by atoms with van der Waals surface area (Å²) in [5.74, 6) is 0.109. The molecule has 2 aromatic carbocycles. The van der Waals surface area contributed by atoms with Gasteiger partial charge in [-0.2, -0.15) is 11.3 Å². The van der Waals surface area contributed by atoms with E-state index in [4.69, 9.17) is 0 Å². The van der Waals surface area contributed by atoms with Crippen LogP contribution in [0.15, 0.2) is 71.4 Å². The Balaban J connectivity index is 1.95. The molecule has 0 radical (unpaired) electrons. The first-order valence-electron chi connectivity index (χ1n) is 6.53. The summed E-state index contributed by atoms with van der Waals surface area (Å²) in [4.78, 5) is 12.5. The van der Waals surface area contributed by atoms with E-state index in [0.717, 1.165) is 23.1 Å². The molecule has 0 saturated heterocycles. The van der Waals surface area contributed by atoms with Crippen LogP contribution in [-0.4, -0.2) is 5.78 Å². The third-order valence-electron chi connectivity index (χ3n) is 3.28. The Labute approximate surface area is 122 Å².